The molecule has 27 heavy (non-hydrogen) atoms. The fourth-order valence-electron chi connectivity index (χ4n) is 3.40. The summed E-state index contributed by atoms with van der Waals surface area (Å²) in [5.41, 5.74) is 8.06. The molecule has 5 nitrogen and oxygen atoms in total. The van der Waals surface area contributed by atoms with Gasteiger partial charge in [-0.1, -0.05) is 36.4 Å². The molecule has 1 unspecified atom stereocenters. The van der Waals surface area contributed by atoms with Gasteiger partial charge in [0.15, 0.2) is 11.5 Å². The molecule has 1 aliphatic rings. The van der Waals surface area contributed by atoms with Crippen molar-refractivity contribution in [3.05, 3.63) is 59.7 Å². The van der Waals surface area contributed by atoms with Crippen LogP contribution in [0.2, 0.25) is 0 Å². The molecule has 0 radical (unpaired) electrons. The van der Waals surface area contributed by atoms with Crippen LogP contribution in [0.5, 0.6) is 11.5 Å². The largest absolute Gasteiger partial charge is 0.493 e. The van der Waals surface area contributed by atoms with Gasteiger partial charge in [0.25, 0.3) is 0 Å². The Morgan fingerprint density at radius 2 is 1.89 bits per heavy atom. The van der Waals surface area contributed by atoms with Crippen molar-refractivity contribution in [1.29, 1.82) is 0 Å². The monoisotopic (exact) mass is 368 g/mol. The predicted octanol–water partition coefficient (Wildman–Crippen LogP) is 3.72. The van der Waals surface area contributed by atoms with Crippen LogP contribution in [0.3, 0.4) is 0 Å². The molecule has 1 fully saturated rings. The lowest BCUT2D eigenvalue weighted by Gasteiger charge is -2.17. The number of hydrogen-bond acceptors (Lipinski definition) is 4. The van der Waals surface area contributed by atoms with Crippen LogP contribution in [0.25, 0.3) is 0 Å². The first-order chi connectivity index (χ1) is 13.2. The zero-order valence-electron chi connectivity index (χ0n) is 15.8. The number of amides is 1. The Morgan fingerprint density at radius 3 is 2.59 bits per heavy atom. The van der Waals surface area contributed by atoms with Gasteiger partial charge in [0.05, 0.1) is 13.2 Å². The molecule has 3 rings (SSSR count). The van der Waals surface area contributed by atoms with Crippen LogP contribution in [-0.4, -0.2) is 19.1 Å². The average molecular weight is 368 g/mol. The molecule has 0 aromatic heterocycles. The summed E-state index contributed by atoms with van der Waals surface area (Å²) in [4.78, 5) is 12.2. The maximum atomic E-state index is 12.2. The second-order valence-electron chi connectivity index (χ2n) is 7.01. The van der Waals surface area contributed by atoms with Crippen molar-refractivity contribution in [2.45, 2.75) is 50.8 Å². The van der Waals surface area contributed by atoms with E-state index < -0.39 is 0 Å². The first-order valence-corrected chi connectivity index (χ1v) is 9.56. The lowest BCUT2D eigenvalue weighted by atomic mass is 10.0. The van der Waals surface area contributed by atoms with Crippen molar-refractivity contribution < 1.29 is 14.3 Å². The van der Waals surface area contributed by atoms with Crippen molar-refractivity contribution in [3.63, 3.8) is 0 Å². The van der Waals surface area contributed by atoms with Gasteiger partial charge in [-0.05, 0) is 48.9 Å². The van der Waals surface area contributed by atoms with E-state index in [1.54, 1.807) is 7.11 Å². The first-order valence-electron chi connectivity index (χ1n) is 9.56. The minimum Gasteiger partial charge on any atom is -0.493 e. The lowest BCUT2D eigenvalue weighted by Crippen LogP contribution is -2.27. The zero-order chi connectivity index (χ0) is 19.1. The van der Waals surface area contributed by atoms with Gasteiger partial charge in [-0.3, -0.25) is 4.79 Å². The van der Waals surface area contributed by atoms with E-state index in [1.165, 1.54) is 12.8 Å². The number of benzene rings is 2. The molecular formula is C22H28N2O3. The number of hydrogen-bond donors (Lipinski definition) is 2. The molecule has 0 saturated heterocycles. The predicted molar refractivity (Wildman–Crippen MR) is 106 cm³/mol. The first kappa shape index (κ1) is 19.2. The number of nitrogens with one attached hydrogen (secondary N) is 1. The normalized spacial score (nSPS) is 15.3. The summed E-state index contributed by atoms with van der Waals surface area (Å²) < 4.78 is 11.5. The molecule has 5 heteroatoms. The molecule has 2 aromatic rings. The van der Waals surface area contributed by atoms with Gasteiger partial charge in [-0.2, -0.15) is 0 Å². The fourth-order valence-corrected chi connectivity index (χ4v) is 3.40. The molecule has 1 saturated carbocycles. The molecule has 0 aliphatic heterocycles. The molecular weight excluding hydrogens is 340 g/mol. The van der Waals surface area contributed by atoms with Crippen molar-refractivity contribution >= 4 is 5.91 Å². The third kappa shape index (κ3) is 5.47. The van der Waals surface area contributed by atoms with Gasteiger partial charge in [-0.25, -0.2) is 0 Å². The second kappa shape index (κ2) is 9.42. The van der Waals surface area contributed by atoms with Gasteiger partial charge >= 0.3 is 0 Å². The van der Waals surface area contributed by atoms with E-state index >= 15 is 0 Å². The quantitative estimate of drug-likeness (QED) is 0.745. The summed E-state index contributed by atoms with van der Waals surface area (Å²) in [6.45, 7) is 0.436. The summed E-state index contributed by atoms with van der Waals surface area (Å²) in [7, 11) is 1.64. The number of ether oxygens (including phenoxy) is 2. The van der Waals surface area contributed by atoms with Gasteiger partial charge < -0.3 is 20.5 Å². The number of methoxy groups -OCH3 is 1. The molecule has 1 amide bonds. The van der Waals surface area contributed by atoms with Crippen LogP contribution in [0.1, 0.15) is 49.3 Å². The highest BCUT2D eigenvalue weighted by atomic mass is 16.5. The third-order valence-corrected chi connectivity index (χ3v) is 4.95. The van der Waals surface area contributed by atoms with Crippen LogP contribution in [0, 0.1) is 0 Å². The summed E-state index contributed by atoms with van der Waals surface area (Å²) in [6, 6.07) is 15.1. The van der Waals surface area contributed by atoms with Crippen LogP contribution in [-0.2, 0) is 11.3 Å². The maximum Gasteiger partial charge on any atom is 0.222 e. The van der Waals surface area contributed by atoms with Crippen LogP contribution < -0.4 is 20.5 Å². The van der Waals surface area contributed by atoms with E-state index in [1.807, 2.05) is 48.5 Å². The standard InChI is InChI=1S/C22H28N2O3/c1-26-20-12-11-16(13-21(20)27-18-9-5-6-10-18)15-24-22(25)14-19(23)17-7-3-2-4-8-17/h2-4,7-8,11-13,18-19H,5-6,9-10,14-15,23H2,1H3,(H,24,25). The third-order valence-electron chi connectivity index (χ3n) is 4.95. The highest BCUT2D eigenvalue weighted by Crippen LogP contribution is 2.32. The molecule has 0 spiro atoms. The number of carbonyl (C=O) groups excluding carboxylic acids is 1. The molecule has 1 aliphatic carbocycles. The number of nitrogens with two attached hydrogens (primary N) is 1. The highest BCUT2D eigenvalue weighted by Gasteiger charge is 2.19. The Balaban J connectivity index is 1.56. The van der Waals surface area contributed by atoms with Crippen molar-refractivity contribution in [2.24, 2.45) is 5.73 Å². The van der Waals surface area contributed by atoms with E-state index in [0.29, 0.717) is 6.54 Å². The molecule has 0 bridgehead atoms. The topological polar surface area (TPSA) is 73.6 Å². The van der Waals surface area contributed by atoms with E-state index in [2.05, 4.69) is 5.32 Å². The smallest absolute Gasteiger partial charge is 0.222 e. The van der Waals surface area contributed by atoms with Crippen molar-refractivity contribution in [3.8, 4) is 11.5 Å². The van der Waals surface area contributed by atoms with E-state index in [0.717, 1.165) is 35.5 Å². The van der Waals surface area contributed by atoms with E-state index in [4.69, 9.17) is 15.2 Å². The Bertz CT molecular complexity index is 742. The Labute approximate surface area is 160 Å². The minimum atomic E-state index is -0.302. The lowest BCUT2D eigenvalue weighted by molar-refractivity contribution is -0.121. The van der Waals surface area contributed by atoms with Crippen LogP contribution >= 0.6 is 0 Å². The molecule has 1 atom stereocenters. The molecule has 144 valence electrons. The average Bonchev–Trinajstić information content (AvgIpc) is 3.20. The fraction of sp³-hybridized carbons (Fsp3) is 0.409. The number of carbonyl (C=O) groups is 1. The maximum absolute atomic E-state index is 12.2. The number of rotatable bonds is 8. The van der Waals surface area contributed by atoms with Crippen molar-refractivity contribution in [2.75, 3.05) is 7.11 Å². The minimum absolute atomic E-state index is 0.0690. The van der Waals surface area contributed by atoms with Gasteiger partial charge in [0.1, 0.15) is 0 Å². The molecule has 0 heterocycles. The Hall–Kier alpha value is -2.53. The van der Waals surface area contributed by atoms with Gasteiger partial charge in [0, 0.05) is 19.0 Å². The summed E-state index contributed by atoms with van der Waals surface area (Å²) in [5, 5.41) is 2.94. The van der Waals surface area contributed by atoms with Gasteiger partial charge in [0.2, 0.25) is 5.91 Å². The Morgan fingerprint density at radius 1 is 1.15 bits per heavy atom. The van der Waals surface area contributed by atoms with Crippen LogP contribution in [0.15, 0.2) is 48.5 Å². The second-order valence-corrected chi connectivity index (χ2v) is 7.01. The van der Waals surface area contributed by atoms with Gasteiger partial charge in [-0.15, -0.1) is 0 Å². The zero-order valence-corrected chi connectivity index (χ0v) is 15.8. The van der Waals surface area contributed by atoms with Crippen molar-refractivity contribution in [1.82, 2.24) is 5.32 Å². The summed E-state index contributed by atoms with van der Waals surface area (Å²) >= 11 is 0. The SMILES string of the molecule is COc1ccc(CNC(=O)CC(N)c2ccccc2)cc1OC1CCCC1. The summed E-state index contributed by atoms with van der Waals surface area (Å²) in [6.07, 6.45) is 5.11. The van der Waals surface area contributed by atoms with Crippen LogP contribution in [0.4, 0.5) is 0 Å². The Kier molecular flexibility index (Phi) is 6.71. The molecule has 3 N–H and O–H groups in total. The van der Waals surface area contributed by atoms with E-state index in [9.17, 15) is 4.79 Å². The van der Waals surface area contributed by atoms with E-state index in [-0.39, 0.29) is 24.5 Å². The summed E-state index contributed by atoms with van der Waals surface area (Å²) in [5.74, 6) is 1.40. The molecule has 2 aromatic carbocycles. The highest BCUT2D eigenvalue weighted by molar-refractivity contribution is 5.76.